The Balaban J connectivity index is 0.000000371. The summed E-state index contributed by atoms with van der Waals surface area (Å²) in [5.41, 5.74) is 0. The largest absolute Gasteiger partial charge is 0.307 e. The first-order valence-corrected chi connectivity index (χ1v) is 3.24. The molecule has 0 atom stereocenters. The van der Waals surface area contributed by atoms with Gasteiger partial charge in [-0.05, 0) is 18.2 Å². The third-order valence-electron chi connectivity index (χ3n) is 0.787. The molecule has 0 saturated carbocycles. The Labute approximate surface area is 69.6 Å². The van der Waals surface area contributed by atoms with Crippen molar-refractivity contribution in [2.75, 3.05) is 0 Å². The Hall–Kier alpha value is -0.530. The summed E-state index contributed by atoms with van der Waals surface area (Å²) < 4.78 is 0. The Morgan fingerprint density at radius 1 is 1.10 bits per heavy atom. The summed E-state index contributed by atoms with van der Waals surface area (Å²) in [7, 11) is 0. The van der Waals surface area contributed by atoms with E-state index in [9.17, 15) is 0 Å². The third-order valence-corrected chi connectivity index (χ3v) is 1.26. The molecule has 0 bridgehead atoms. The molecule has 1 aromatic rings. The fraction of sp³-hybridized carbons (Fsp3) is 0. The smallest absolute Gasteiger partial charge is 0.106 e. The third kappa shape index (κ3) is 3.49. The van der Waals surface area contributed by atoms with E-state index >= 15 is 0 Å². The molecule has 0 fully saturated rings. The minimum Gasteiger partial charge on any atom is -0.307 e. The molecular formula is C7H6Cl2O. The Bertz CT molecular complexity index is 183. The molecule has 0 aliphatic heterocycles. The maximum Gasteiger partial charge on any atom is 0.106 e. The van der Waals surface area contributed by atoms with Gasteiger partial charge in [-0.3, -0.25) is 0 Å². The van der Waals surface area contributed by atoms with Gasteiger partial charge in [-0.25, -0.2) is 0 Å². The molecule has 0 heterocycles. The van der Waals surface area contributed by atoms with Crippen molar-refractivity contribution < 1.29 is 4.79 Å². The fourth-order valence-corrected chi connectivity index (χ4v) is 0.896. The van der Waals surface area contributed by atoms with Crippen molar-refractivity contribution in [1.29, 1.82) is 0 Å². The summed E-state index contributed by atoms with van der Waals surface area (Å²) >= 11 is 11.1. The highest BCUT2D eigenvalue weighted by Gasteiger charge is 1.84. The summed E-state index contributed by atoms with van der Waals surface area (Å²) in [6.45, 7) is 2.00. The molecule has 10 heavy (non-hydrogen) atoms. The average molecular weight is 177 g/mol. The van der Waals surface area contributed by atoms with Gasteiger partial charge in [0, 0.05) is 10.0 Å². The van der Waals surface area contributed by atoms with E-state index in [4.69, 9.17) is 28.0 Å². The lowest BCUT2D eigenvalue weighted by Crippen LogP contribution is -1.61. The molecule has 0 aliphatic rings. The van der Waals surface area contributed by atoms with Crippen LogP contribution in [0.25, 0.3) is 0 Å². The van der Waals surface area contributed by atoms with Gasteiger partial charge in [-0.15, -0.1) is 0 Å². The van der Waals surface area contributed by atoms with Gasteiger partial charge < -0.3 is 4.79 Å². The van der Waals surface area contributed by atoms with E-state index in [1.807, 2.05) is 12.9 Å². The summed E-state index contributed by atoms with van der Waals surface area (Å²) in [5, 5.41) is 1.36. The molecule has 0 aliphatic carbocycles. The van der Waals surface area contributed by atoms with Crippen LogP contribution >= 0.6 is 23.2 Å². The van der Waals surface area contributed by atoms with Gasteiger partial charge in [0.05, 0.1) is 0 Å². The maximum absolute atomic E-state index is 8.00. The number of carbonyl (C=O) groups excluding carboxylic acids is 1. The zero-order chi connectivity index (χ0) is 7.98. The van der Waals surface area contributed by atoms with Gasteiger partial charge in [-0.2, -0.15) is 0 Å². The van der Waals surface area contributed by atoms with Gasteiger partial charge in [-0.1, -0.05) is 29.3 Å². The molecule has 1 aromatic carbocycles. The Morgan fingerprint density at radius 2 is 1.50 bits per heavy atom. The second-order valence-electron chi connectivity index (χ2n) is 1.44. The predicted octanol–water partition coefficient (Wildman–Crippen LogP) is 2.81. The van der Waals surface area contributed by atoms with Crippen LogP contribution < -0.4 is 0 Å². The van der Waals surface area contributed by atoms with Crippen LogP contribution in [0.2, 0.25) is 10.0 Å². The lowest BCUT2D eigenvalue weighted by atomic mass is 10.4. The minimum atomic E-state index is 0.678. The highest BCUT2D eigenvalue weighted by atomic mass is 35.5. The molecule has 54 valence electrons. The number of rotatable bonds is 0. The molecule has 0 saturated heterocycles. The van der Waals surface area contributed by atoms with E-state index in [-0.39, 0.29) is 0 Å². The van der Waals surface area contributed by atoms with Crippen LogP contribution in [0.5, 0.6) is 0 Å². The number of benzene rings is 1. The summed E-state index contributed by atoms with van der Waals surface area (Å²) in [6.07, 6.45) is 0. The molecule has 1 nitrogen and oxygen atoms in total. The minimum absolute atomic E-state index is 0.678. The first-order valence-electron chi connectivity index (χ1n) is 2.49. The van der Waals surface area contributed by atoms with Gasteiger partial charge in [0.2, 0.25) is 0 Å². The molecular weight excluding hydrogens is 171 g/mol. The van der Waals surface area contributed by atoms with Crippen molar-refractivity contribution in [3.63, 3.8) is 0 Å². The van der Waals surface area contributed by atoms with Crippen molar-refractivity contribution in [2.45, 2.75) is 0 Å². The van der Waals surface area contributed by atoms with E-state index in [0.29, 0.717) is 10.0 Å². The molecule has 0 amide bonds. The average Bonchev–Trinajstić information content (AvgIpc) is 1.91. The summed E-state index contributed by atoms with van der Waals surface area (Å²) in [6, 6.07) is 7.08. The van der Waals surface area contributed by atoms with Crippen molar-refractivity contribution in [3.8, 4) is 0 Å². The monoisotopic (exact) mass is 176 g/mol. The maximum atomic E-state index is 8.00. The van der Waals surface area contributed by atoms with E-state index < -0.39 is 0 Å². The van der Waals surface area contributed by atoms with Gasteiger partial charge in [0.25, 0.3) is 0 Å². The standard InChI is InChI=1S/C6H4Cl2.CH2O/c7-5-2-1-3-6(8)4-5;1-2/h1-4H;1H2. The lowest BCUT2D eigenvalue weighted by molar-refractivity contribution is -0.0979. The Morgan fingerprint density at radius 3 is 1.70 bits per heavy atom. The zero-order valence-corrected chi connectivity index (χ0v) is 6.69. The number of carbonyl (C=O) groups is 1. The molecule has 3 heteroatoms. The van der Waals surface area contributed by atoms with Crippen molar-refractivity contribution in [3.05, 3.63) is 34.3 Å². The van der Waals surface area contributed by atoms with Crippen LogP contribution in [0.4, 0.5) is 0 Å². The molecule has 0 N–H and O–H groups in total. The van der Waals surface area contributed by atoms with Gasteiger partial charge in [0.15, 0.2) is 0 Å². The molecule has 0 radical (unpaired) electrons. The quantitative estimate of drug-likeness (QED) is 0.595. The van der Waals surface area contributed by atoms with Crippen molar-refractivity contribution >= 4 is 30.0 Å². The van der Waals surface area contributed by atoms with E-state index in [1.54, 1.807) is 18.2 Å². The molecule has 0 spiro atoms. The van der Waals surface area contributed by atoms with E-state index in [1.165, 1.54) is 0 Å². The topological polar surface area (TPSA) is 17.1 Å². The zero-order valence-electron chi connectivity index (χ0n) is 5.18. The van der Waals surface area contributed by atoms with E-state index in [0.717, 1.165) is 0 Å². The SMILES string of the molecule is C=O.Clc1cccc(Cl)c1. The van der Waals surface area contributed by atoms with Crippen LogP contribution in [0.1, 0.15) is 0 Å². The van der Waals surface area contributed by atoms with Gasteiger partial charge in [0.1, 0.15) is 6.79 Å². The van der Waals surface area contributed by atoms with Crippen LogP contribution in [0.3, 0.4) is 0 Å². The Kier molecular flexibility index (Phi) is 4.99. The molecule has 0 unspecified atom stereocenters. The second kappa shape index (κ2) is 5.27. The number of halogens is 2. The molecule has 1 rings (SSSR count). The van der Waals surface area contributed by atoms with Crippen LogP contribution in [-0.2, 0) is 4.79 Å². The number of hydrogen-bond acceptors (Lipinski definition) is 1. The highest BCUT2D eigenvalue weighted by Crippen LogP contribution is 2.13. The van der Waals surface area contributed by atoms with Gasteiger partial charge >= 0.3 is 0 Å². The lowest BCUT2D eigenvalue weighted by Gasteiger charge is -1.86. The van der Waals surface area contributed by atoms with Crippen molar-refractivity contribution in [1.82, 2.24) is 0 Å². The van der Waals surface area contributed by atoms with E-state index in [2.05, 4.69) is 0 Å². The first-order chi connectivity index (χ1) is 4.79. The highest BCUT2D eigenvalue weighted by molar-refractivity contribution is 6.34. The van der Waals surface area contributed by atoms with Crippen LogP contribution in [0, 0.1) is 0 Å². The van der Waals surface area contributed by atoms with Crippen LogP contribution in [-0.4, -0.2) is 6.79 Å². The van der Waals surface area contributed by atoms with Crippen molar-refractivity contribution in [2.24, 2.45) is 0 Å². The summed E-state index contributed by atoms with van der Waals surface area (Å²) in [5.74, 6) is 0. The predicted molar refractivity (Wildman–Crippen MR) is 43.6 cm³/mol. The normalized spacial score (nSPS) is 7.80. The summed E-state index contributed by atoms with van der Waals surface area (Å²) in [4.78, 5) is 8.00. The molecule has 0 aromatic heterocycles. The fourth-order valence-electron chi connectivity index (χ4n) is 0.460. The first kappa shape index (κ1) is 9.47. The second-order valence-corrected chi connectivity index (χ2v) is 2.31. The number of hydrogen-bond donors (Lipinski definition) is 0. The van der Waals surface area contributed by atoms with Crippen LogP contribution in [0.15, 0.2) is 24.3 Å².